The van der Waals surface area contributed by atoms with E-state index in [9.17, 15) is 4.79 Å². The topological polar surface area (TPSA) is 46.5 Å². The minimum absolute atomic E-state index is 0.0831. The number of unbranched alkanes of at least 4 members (excludes halogenated alkanes) is 9. The van der Waals surface area contributed by atoms with Gasteiger partial charge in [-0.2, -0.15) is 0 Å². The van der Waals surface area contributed by atoms with Gasteiger partial charge in [0.15, 0.2) is 0 Å². The van der Waals surface area contributed by atoms with E-state index < -0.39 is 6.16 Å². The minimum atomic E-state index is -1.12. The van der Waals surface area contributed by atoms with Crippen LogP contribution in [0.4, 0.5) is 4.79 Å². The van der Waals surface area contributed by atoms with Gasteiger partial charge in [0, 0.05) is 0 Å². The molecule has 3 nitrogen and oxygen atoms in total. The van der Waals surface area contributed by atoms with Crippen LogP contribution in [-0.2, 0) is 4.74 Å². The Kier molecular flexibility index (Phi) is 14.1. The summed E-state index contributed by atoms with van der Waals surface area (Å²) >= 11 is 0. The van der Waals surface area contributed by atoms with E-state index in [1.807, 2.05) is 0 Å². The Morgan fingerprint density at radius 1 is 0.800 bits per heavy atom. The average Bonchev–Trinajstić information content (AvgIpc) is 2.41. The molecule has 120 valence electrons. The van der Waals surface area contributed by atoms with Gasteiger partial charge in [-0.05, 0) is 25.7 Å². The van der Waals surface area contributed by atoms with E-state index in [0.717, 1.165) is 25.7 Å². The van der Waals surface area contributed by atoms with Crippen LogP contribution in [0.2, 0.25) is 0 Å². The first kappa shape index (κ1) is 19.3. The molecule has 1 N–H and O–H groups in total. The second-order valence-electron chi connectivity index (χ2n) is 5.77. The quantitative estimate of drug-likeness (QED) is 0.307. The fourth-order valence-electron chi connectivity index (χ4n) is 2.53. The SMILES string of the molecule is CCCCCCCCC(CCCCCCC)OC(=O)O. The van der Waals surface area contributed by atoms with E-state index in [0.29, 0.717) is 0 Å². The lowest BCUT2D eigenvalue weighted by Gasteiger charge is -2.15. The molecule has 0 amide bonds. The average molecular weight is 286 g/mol. The van der Waals surface area contributed by atoms with Crippen molar-refractivity contribution in [3.63, 3.8) is 0 Å². The van der Waals surface area contributed by atoms with Crippen molar-refractivity contribution in [1.82, 2.24) is 0 Å². The number of ether oxygens (including phenoxy) is 1. The lowest BCUT2D eigenvalue weighted by molar-refractivity contribution is 0.0422. The maximum absolute atomic E-state index is 10.7. The summed E-state index contributed by atoms with van der Waals surface area (Å²) in [5.74, 6) is 0. The van der Waals surface area contributed by atoms with Crippen molar-refractivity contribution < 1.29 is 14.6 Å². The lowest BCUT2D eigenvalue weighted by atomic mass is 10.0. The number of carbonyl (C=O) groups is 1. The van der Waals surface area contributed by atoms with E-state index in [4.69, 9.17) is 9.84 Å². The van der Waals surface area contributed by atoms with Crippen molar-refractivity contribution in [1.29, 1.82) is 0 Å². The summed E-state index contributed by atoms with van der Waals surface area (Å²) in [5.41, 5.74) is 0. The molecular weight excluding hydrogens is 252 g/mol. The Balaban J connectivity index is 3.65. The monoisotopic (exact) mass is 286 g/mol. The summed E-state index contributed by atoms with van der Waals surface area (Å²) in [6.07, 6.45) is 14.1. The summed E-state index contributed by atoms with van der Waals surface area (Å²) in [7, 11) is 0. The Morgan fingerprint density at radius 2 is 1.20 bits per heavy atom. The predicted octanol–water partition coefficient (Wildman–Crippen LogP) is 6.16. The number of carboxylic acid groups (broad SMARTS) is 1. The van der Waals surface area contributed by atoms with Gasteiger partial charge in [0.05, 0.1) is 0 Å². The van der Waals surface area contributed by atoms with E-state index >= 15 is 0 Å². The fraction of sp³-hybridized carbons (Fsp3) is 0.941. The Hall–Kier alpha value is -0.730. The van der Waals surface area contributed by atoms with Gasteiger partial charge in [-0.25, -0.2) is 4.79 Å². The first-order valence-electron chi connectivity index (χ1n) is 8.60. The van der Waals surface area contributed by atoms with E-state index in [-0.39, 0.29) is 6.10 Å². The van der Waals surface area contributed by atoms with Crippen molar-refractivity contribution in [2.24, 2.45) is 0 Å². The molecule has 1 unspecified atom stereocenters. The van der Waals surface area contributed by atoms with Gasteiger partial charge in [0.25, 0.3) is 0 Å². The van der Waals surface area contributed by atoms with Crippen molar-refractivity contribution >= 4 is 6.16 Å². The van der Waals surface area contributed by atoms with Crippen molar-refractivity contribution in [2.45, 2.75) is 103 Å². The van der Waals surface area contributed by atoms with E-state index in [2.05, 4.69) is 13.8 Å². The normalized spacial score (nSPS) is 12.3. The van der Waals surface area contributed by atoms with Crippen LogP contribution >= 0.6 is 0 Å². The summed E-state index contributed by atoms with van der Waals surface area (Å²) < 4.78 is 5.00. The Bertz CT molecular complexity index is 216. The standard InChI is InChI=1S/C17H34O3/c1-3-5-7-9-11-13-15-16(20-17(18)19)14-12-10-8-6-4-2/h16H,3-15H2,1-2H3,(H,18,19). The van der Waals surface area contributed by atoms with Crippen molar-refractivity contribution in [2.75, 3.05) is 0 Å². The number of rotatable bonds is 14. The zero-order valence-electron chi connectivity index (χ0n) is 13.5. The molecule has 0 aliphatic carbocycles. The second kappa shape index (κ2) is 14.7. The molecule has 0 aliphatic heterocycles. The van der Waals surface area contributed by atoms with Crippen molar-refractivity contribution in [3.05, 3.63) is 0 Å². The van der Waals surface area contributed by atoms with Gasteiger partial charge in [-0.3, -0.25) is 0 Å². The highest BCUT2D eigenvalue weighted by molar-refractivity contribution is 5.57. The Labute approximate surface area is 125 Å². The largest absolute Gasteiger partial charge is 0.506 e. The highest BCUT2D eigenvalue weighted by atomic mass is 16.7. The molecule has 0 aromatic carbocycles. The smallest absolute Gasteiger partial charge is 0.450 e. The van der Waals surface area contributed by atoms with Gasteiger partial charge in [-0.15, -0.1) is 0 Å². The molecule has 0 aromatic rings. The number of hydrogen-bond donors (Lipinski definition) is 1. The van der Waals surface area contributed by atoms with Gasteiger partial charge >= 0.3 is 6.16 Å². The third-order valence-corrected chi connectivity index (χ3v) is 3.78. The molecule has 0 saturated carbocycles. The van der Waals surface area contributed by atoms with Crippen LogP contribution in [0.3, 0.4) is 0 Å². The van der Waals surface area contributed by atoms with Gasteiger partial charge < -0.3 is 9.84 Å². The van der Waals surface area contributed by atoms with Crippen LogP contribution < -0.4 is 0 Å². The van der Waals surface area contributed by atoms with Crippen molar-refractivity contribution in [3.8, 4) is 0 Å². The summed E-state index contributed by atoms with van der Waals surface area (Å²) in [6.45, 7) is 4.42. The minimum Gasteiger partial charge on any atom is -0.450 e. The van der Waals surface area contributed by atoms with Crippen LogP contribution in [0.15, 0.2) is 0 Å². The predicted molar refractivity (Wildman–Crippen MR) is 84.3 cm³/mol. The van der Waals surface area contributed by atoms with Crippen LogP contribution in [0, 0.1) is 0 Å². The van der Waals surface area contributed by atoms with E-state index in [1.54, 1.807) is 0 Å². The molecule has 0 saturated heterocycles. The van der Waals surface area contributed by atoms with Gasteiger partial charge in [0.2, 0.25) is 0 Å². The lowest BCUT2D eigenvalue weighted by Crippen LogP contribution is -2.16. The van der Waals surface area contributed by atoms with E-state index in [1.165, 1.54) is 57.8 Å². The third kappa shape index (κ3) is 13.7. The first-order valence-corrected chi connectivity index (χ1v) is 8.60. The zero-order chi connectivity index (χ0) is 15.1. The molecule has 3 heteroatoms. The van der Waals surface area contributed by atoms with Crippen LogP contribution in [-0.4, -0.2) is 17.4 Å². The van der Waals surface area contributed by atoms with Gasteiger partial charge in [-0.1, -0.05) is 71.6 Å². The van der Waals surface area contributed by atoms with Crippen LogP contribution in [0.5, 0.6) is 0 Å². The zero-order valence-corrected chi connectivity index (χ0v) is 13.5. The number of hydrogen-bond acceptors (Lipinski definition) is 2. The Morgan fingerprint density at radius 3 is 1.60 bits per heavy atom. The summed E-state index contributed by atoms with van der Waals surface area (Å²) in [5, 5.41) is 8.78. The maximum Gasteiger partial charge on any atom is 0.506 e. The van der Waals surface area contributed by atoms with Crippen LogP contribution in [0.25, 0.3) is 0 Å². The molecule has 1 atom stereocenters. The summed E-state index contributed by atoms with van der Waals surface area (Å²) in [6, 6.07) is 0. The molecule has 20 heavy (non-hydrogen) atoms. The van der Waals surface area contributed by atoms with Crippen LogP contribution in [0.1, 0.15) is 97.3 Å². The second-order valence-corrected chi connectivity index (χ2v) is 5.77. The first-order chi connectivity index (χ1) is 9.70. The molecule has 0 spiro atoms. The molecule has 0 radical (unpaired) electrons. The molecule has 0 rings (SSSR count). The fourth-order valence-corrected chi connectivity index (χ4v) is 2.53. The third-order valence-electron chi connectivity index (χ3n) is 3.78. The molecular formula is C17H34O3. The molecule has 0 aliphatic rings. The molecule has 0 aromatic heterocycles. The highest BCUT2D eigenvalue weighted by Gasteiger charge is 2.12. The molecule has 0 fully saturated rings. The maximum atomic E-state index is 10.7. The molecule has 0 bridgehead atoms. The summed E-state index contributed by atoms with van der Waals surface area (Å²) in [4.78, 5) is 10.7. The van der Waals surface area contributed by atoms with Gasteiger partial charge in [0.1, 0.15) is 6.10 Å². The highest BCUT2D eigenvalue weighted by Crippen LogP contribution is 2.16. The molecule has 0 heterocycles.